The predicted octanol–water partition coefficient (Wildman–Crippen LogP) is 0.528. The largest absolute Gasteiger partial charge is 0.398 e. The zero-order valence-corrected chi connectivity index (χ0v) is 12.4. The van der Waals surface area contributed by atoms with E-state index < -0.39 is 10.0 Å². The van der Waals surface area contributed by atoms with Gasteiger partial charge in [0, 0.05) is 12.2 Å². The maximum absolute atomic E-state index is 11.8. The van der Waals surface area contributed by atoms with Crippen LogP contribution in [0.5, 0.6) is 0 Å². The average Bonchev–Trinajstić information content (AvgIpc) is 2.46. The number of piperidine rings is 1. The number of hydrogen-bond donors (Lipinski definition) is 3. The van der Waals surface area contributed by atoms with Crippen molar-refractivity contribution >= 4 is 21.4 Å². The zero-order chi connectivity index (χ0) is 14.8. The lowest BCUT2D eigenvalue weighted by molar-refractivity contribution is 0.240. The number of nitrogens with one attached hydrogen (secondary N) is 1. The van der Waals surface area contributed by atoms with Crippen LogP contribution in [-0.4, -0.2) is 39.8 Å². The highest BCUT2D eigenvalue weighted by Gasteiger charge is 2.23. The molecule has 1 fully saturated rings. The van der Waals surface area contributed by atoms with Crippen molar-refractivity contribution in [3.8, 4) is 0 Å². The van der Waals surface area contributed by atoms with Gasteiger partial charge in [-0.05, 0) is 44.5 Å². The summed E-state index contributed by atoms with van der Waals surface area (Å²) >= 11 is 0. The summed E-state index contributed by atoms with van der Waals surface area (Å²) in [7, 11) is -2.18. The van der Waals surface area contributed by atoms with E-state index in [4.69, 9.17) is 5.73 Å². The molecule has 0 saturated carbocycles. The Hall–Kier alpha value is -1.31. The van der Waals surface area contributed by atoms with E-state index in [2.05, 4.69) is 9.62 Å². The lowest BCUT2D eigenvalue weighted by Gasteiger charge is -2.36. The summed E-state index contributed by atoms with van der Waals surface area (Å²) in [5.41, 5.74) is 6.95. The topological polar surface area (TPSA) is 95.7 Å². The minimum atomic E-state index is -3.54. The van der Waals surface area contributed by atoms with Crippen LogP contribution in [0.15, 0.2) is 23.1 Å². The van der Waals surface area contributed by atoms with Crippen LogP contribution in [0, 0.1) is 0 Å². The molecule has 0 amide bonds. The van der Waals surface area contributed by atoms with Gasteiger partial charge in [-0.1, -0.05) is 0 Å². The van der Waals surface area contributed by atoms with Gasteiger partial charge in [0.2, 0.25) is 10.0 Å². The van der Waals surface area contributed by atoms with Gasteiger partial charge in [-0.2, -0.15) is 0 Å². The molecule has 20 heavy (non-hydrogen) atoms. The van der Waals surface area contributed by atoms with Gasteiger partial charge in [0.15, 0.2) is 0 Å². The second kappa shape index (κ2) is 5.99. The summed E-state index contributed by atoms with van der Waals surface area (Å²) < 4.78 is 25.8. The van der Waals surface area contributed by atoms with Gasteiger partial charge in [-0.25, -0.2) is 13.1 Å². The molecular formula is C13H21N3O3S. The Labute approximate surface area is 119 Å². The Kier molecular flexibility index (Phi) is 4.52. The highest BCUT2D eigenvalue weighted by Crippen LogP contribution is 2.29. The molecule has 0 spiro atoms. The number of nitrogen functional groups attached to an aromatic ring is 1. The molecule has 6 nitrogen and oxygen atoms in total. The van der Waals surface area contributed by atoms with Crippen LogP contribution in [0.2, 0.25) is 0 Å². The molecule has 1 aromatic carbocycles. The normalized spacial score (nSPS) is 20.1. The van der Waals surface area contributed by atoms with Crippen LogP contribution in [0.25, 0.3) is 0 Å². The first-order valence-corrected chi connectivity index (χ1v) is 8.18. The fourth-order valence-electron chi connectivity index (χ4n) is 2.60. The molecule has 1 aliphatic rings. The van der Waals surface area contributed by atoms with Gasteiger partial charge in [0.25, 0.3) is 0 Å². The molecule has 4 N–H and O–H groups in total. The van der Waals surface area contributed by atoms with E-state index in [9.17, 15) is 13.5 Å². The van der Waals surface area contributed by atoms with Crippen molar-refractivity contribution in [2.24, 2.45) is 0 Å². The molecule has 112 valence electrons. The molecule has 1 unspecified atom stereocenters. The fourth-order valence-corrected chi connectivity index (χ4v) is 3.44. The van der Waals surface area contributed by atoms with Crippen molar-refractivity contribution in [3.05, 3.63) is 18.2 Å². The Bertz CT molecular complexity index is 574. The quantitative estimate of drug-likeness (QED) is 0.705. The van der Waals surface area contributed by atoms with Gasteiger partial charge < -0.3 is 15.7 Å². The van der Waals surface area contributed by atoms with Crippen LogP contribution in [-0.2, 0) is 10.0 Å². The number of nitrogens with zero attached hydrogens (tertiary/aromatic N) is 1. The lowest BCUT2D eigenvalue weighted by Crippen LogP contribution is -2.42. The maximum atomic E-state index is 11.8. The van der Waals surface area contributed by atoms with Crippen molar-refractivity contribution in [1.29, 1.82) is 0 Å². The van der Waals surface area contributed by atoms with Crippen molar-refractivity contribution in [2.45, 2.75) is 30.2 Å². The lowest BCUT2D eigenvalue weighted by atomic mass is 10.0. The molecule has 1 aromatic rings. The Morgan fingerprint density at radius 3 is 2.80 bits per heavy atom. The Morgan fingerprint density at radius 2 is 2.20 bits per heavy atom. The van der Waals surface area contributed by atoms with Crippen molar-refractivity contribution in [3.63, 3.8) is 0 Å². The van der Waals surface area contributed by atoms with Crippen molar-refractivity contribution in [2.75, 3.05) is 30.8 Å². The molecular weight excluding hydrogens is 278 g/mol. The van der Waals surface area contributed by atoms with E-state index in [1.807, 2.05) is 0 Å². The second-order valence-electron chi connectivity index (χ2n) is 4.96. The molecule has 1 atom stereocenters. The minimum absolute atomic E-state index is 0.0786. The molecule has 2 rings (SSSR count). The summed E-state index contributed by atoms with van der Waals surface area (Å²) in [5, 5.41) is 9.44. The van der Waals surface area contributed by atoms with E-state index in [-0.39, 0.29) is 23.2 Å². The zero-order valence-electron chi connectivity index (χ0n) is 11.5. The molecule has 1 heterocycles. The van der Waals surface area contributed by atoms with E-state index in [1.165, 1.54) is 13.1 Å². The average molecular weight is 299 g/mol. The van der Waals surface area contributed by atoms with Crippen molar-refractivity contribution < 1.29 is 13.5 Å². The SMILES string of the molecule is CNS(=O)(=O)c1ccc(N2CCCCC2CO)cc1N. The monoisotopic (exact) mass is 299 g/mol. The van der Waals surface area contributed by atoms with E-state index >= 15 is 0 Å². The van der Waals surface area contributed by atoms with Crippen LogP contribution in [0.3, 0.4) is 0 Å². The first-order valence-electron chi connectivity index (χ1n) is 6.70. The highest BCUT2D eigenvalue weighted by molar-refractivity contribution is 7.89. The third-order valence-corrected chi connectivity index (χ3v) is 5.21. The predicted molar refractivity (Wildman–Crippen MR) is 79.2 cm³/mol. The minimum Gasteiger partial charge on any atom is -0.398 e. The molecule has 0 aliphatic carbocycles. The standard InChI is InChI=1S/C13H21N3O3S/c1-15-20(18,19)13-6-5-10(8-12(13)14)16-7-3-2-4-11(16)9-17/h5-6,8,11,15,17H,2-4,7,9,14H2,1H3. The van der Waals surface area contributed by atoms with E-state index in [0.717, 1.165) is 31.5 Å². The number of rotatable bonds is 4. The second-order valence-corrected chi connectivity index (χ2v) is 6.81. The summed E-state index contributed by atoms with van der Waals surface area (Å²) in [5.74, 6) is 0. The Balaban J connectivity index is 2.33. The van der Waals surface area contributed by atoms with Crippen molar-refractivity contribution in [1.82, 2.24) is 4.72 Å². The van der Waals surface area contributed by atoms with Crippen LogP contribution < -0.4 is 15.4 Å². The van der Waals surface area contributed by atoms with Crippen LogP contribution >= 0.6 is 0 Å². The smallest absolute Gasteiger partial charge is 0.242 e. The number of nitrogens with two attached hydrogens (primary N) is 1. The van der Waals surface area contributed by atoms with Gasteiger partial charge >= 0.3 is 0 Å². The number of hydrogen-bond acceptors (Lipinski definition) is 5. The molecule has 1 saturated heterocycles. The number of aliphatic hydroxyl groups is 1. The third-order valence-electron chi connectivity index (χ3n) is 3.72. The van der Waals surface area contributed by atoms with E-state index in [0.29, 0.717) is 0 Å². The summed E-state index contributed by atoms with van der Waals surface area (Å²) in [6.45, 7) is 0.944. The number of anilines is 2. The third kappa shape index (κ3) is 2.89. The number of benzene rings is 1. The maximum Gasteiger partial charge on any atom is 0.242 e. The number of aliphatic hydroxyl groups excluding tert-OH is 1. The molecule has 0 aromatic heterocycles. The summed E-state index contributed by atoms with van der Waals surface area (Å²) in [6.07, 6.45) is 3.10. The van der Waals surface area contributed by atoms with Gasteiger partial charge in [0.05, 0.1) is 18.3 Å². The molecule has 0 bridgehead atoms. The summed E-state index contributed by atoms with van der Waals surface area (Å²) in [6, 6.07) is 5.00. The molecule has 0 radical (unpaired) electrons. The van der Waals surface area contributed by atoms with E-state index in [1.54, 1.807) is 12.1 Å². The van der Waals surface area contributed by atoms with Crippen LogP contribution in [0.1, 0.15) is 19.3 Å². The fraction of sp³-hybridized carbons (Fsp3) is 0.538. The highest BCUT2D eigenvalue weighted by atomic mass is 32.2. The van der Waals surface area contributed by atoms with Gasteiger partial charge in [-0.15, -0.1) is 0 Å². The van der Waals surface area contributed by atoms with Gasteiger partial charge in [0.1, 0.15) is 4.90 Å². The number of sulfonamides is 1. The van der Waals surface area contributed by atoms with Gasteiger partial charge in [-0.3, -0.25) is 0 Å². The Morgan fingerprint density at radius 1 is 1.45 bits per heavy atom. The molecule has 1 aliphatic heterocycles. The molecule has 7 heteroatoms. The summed E-state index contributed by atoms with van der Waals surface area (Å²) in [4.78, 5) is 2.18. The van der Waals surface area contributed by atoms with Crippen LogP contribution in [0.4, 0.5) is 11.4 Å². The first kappa shape index (κ1) is 15.1. The first-order chi connectivity index (χ1) is 9.49.